The van der Waals surface area contributed by atoms with Gasteiger partial charge < -0.3 is 15.6 Å². The molecule has 1 saturated heterocycles. The standard InChI is InChI=1S/C13H17NO3/c14-12(9-5-7-17-8-6-9)10-3-1-2-4-11(10)13(15)16/h1-4,9,12H,5-8,14H2,(H,15,16)/t12-/m0/s1. The molecular weight excluding hydrogens is 218 g/mol. The highest BCUT2D eigenvalue weighted by atomic mass is 16.5. The summed E-state index contributed by atoms with van der Waals surface area (Å²) in [6.45, 7) is 1.43. The predicted molar refractivity (Wildman–Crippen MR) is 63.9 cm³/mol. The number of rotatable bonds is 3. The zero-order chi connectivity index (χ0) is 12.3. The van der Waals surface area contributed by atoms with Gasteiger partial charge in [-0.15, -0.1) is 0 Å². The molecule has 1 aromatic carbocycles. The summed E-state index contributed by atoms with van der Waals surface area (Å²) < 4.78 is 5.29. The van der Waals surface area contributed by atoms with Gasteiger partial charge in [0, 0.05) is 19.3 Å². The Morgan fingerprint density at radius 2 is 2.00 bits per heavy atom. The first kappa shape index (κ1) is 12.1. The van der Waals surface area contributed by atoms with Crippen LogP contribution < -0.4 is 5.73 Å². The lowest BCUT2D eigenvalue weighted by molar-refractivity contribution is 0.0578. The summed E-state index contributed by atoms with van der Waals surface area (Å²) in [6, 6.07) is 6.76. The van der Waals surface area contributed by atoms with Crippen LogP contribution in [0.25, 0.3) is 0 Å². The molecule has 1 aromatic rings. The van der Waals surface area contributed by atoms with Gasteiger partial charge in [0.15, 0.2) is 0 Å². The van der Waals surface area contributed by atoms with Crippen LogP contribution in [0.5, 0.6) is 0 Å². The quantitative estimate of drug-likeness (QED) is 0.838. The van der Waals surface area contributed by atoms with Crippen molar-refractivity contribution in [2.45, 2.75) is 18.9 Å². The number of carboxylic acid groups (broad SMARTS) is 1. The predicted octanol–water partition coefficient (Wildman–Crippen LogP) is 1.81. The molecule has 92 valence electrons. The summed E-state index contributed by atoms with van der Waals surface area (Å²) in [5, 5.41) is 9.13. The van der Waals surface area contributed by atoms with Crippen LogP contribution in [0.15, 0.2) is 24.3 Å². The fourth-order valence-electron chi connectivity index (χ4n) is 2.31. The Morgan fingerprint density at radius 3 is 2.65 bits per heavy atom. The molecule has 0 unspecified atom stereocenters. The first-order chi connectivity index (χ1) is 8.20. The smallest absolute Gasteiger partial charge is 0.336 e. The Balaban J connectivity index is 2.23. The number of benzene rings is 1. The van der Waals surface area contributed by atoms with Crippen molar-refractivity contribution in [3.8, 4) is 0 Å². The minimum absolute atomic E-state index is 0.216. The summed E-state index contributed by atoms with van der Waals surface area (Å²) in [7, 11) is 0. The molecule has 1 atom stereocenters. The molecule has 1 heterocycles. The lowest BCUT2D eigenvalue weighted by atomic mass is 9.86. The second-order valence-corrected chi connectivity index (χ2v) is 4.37. The van der Waals surface area contributed by atoms with Crippen LogP contribution in [0.2, 0.25) is 0 Å². The summed E-state index contributed by atoms with van der Waals surface area (Å²) in [5.41, 5.74) is 7.23. The Bertz CT molecular complexity index is 399. The maximum atomic E-state index is 11.1. The lowest BCUT2D eigenvalue weighted by Gasteiger charge is -2.28. The van der Waals surface area contributed by atoms with Crippen LogP contribution in [-0.4, -0.2) is 24.3 Å². The van der Waals surface area contributed by atoms with Crippen molar-refractivity contribution < 1.29 is 14.6 Å². The van der Waals surface area contributed by atoms with E-state index >= 15 is 0 Å². The van der Waals surface area contributed by atoms with Crippen LogP contribution in [0.4, 0.5) is 0 Å². The SMILES string of the molecule is N[C@H](c1ccccc1C(=O)O)C1CCOCC1. The molecule has 2 rings (SSSR count). The number of carbonyl (C=O) groups is 1. The second kappa shape index (κ2) is 5.29. The van der Waals surface area contributed by atoms with E-state index in [1.807, 2.05) is 12.1 Å². The molecule has 0 aliphatic carbocycles. The first-order valence-electron chi connectivity index (χ1n) is 5.85. The van der Waals surface area contributed by atoms with Crippen LogP contribution in [0.1, 0.15) is 34.8 Å². The van der Waals surface area contributed by atoms with Gasteiger partial charge in [0.1, 0.15) is 0 Å². The summed E-state index contributed by atoms with van der Waals surface area (Å²) >= 11 is 0. The number of nitrogens with two attached hydrogens (primary N) is 1. The molecule has 0 aromatic heterocycles. The van der Waals surface area contributed by atoms with E-state index in [9.17, 15) is 4.79 Å². The molecule has 17 heavy (non-hydrogen) atoms. The highest BCUT2D eigenvalue weighted by molar-refractivity contribution is 5.89. The van der Waals surface area contributed by atoms with E-state index in [0.29, 0.717) is 24.7 Å². The molecule has 0 bridgehead atoms. The van der Waals surface area contributed by atoms with Crippen molar-refractivity contribution >= 4 is 5.97 Å². The van der Waals surface area contributed by atoms with Crippen molar-refractivity contribution in [1.29, 1.82) is 0 Å². The minimum atomic E-state index is -0.914. The maximum Gasteiger partial charge on any atom is 0.336 e. The number of carboxylic acids is 1. The van der Waals surface area contributed by atoms with Gasteiger partial charge in [-0.3, -0.25) is 0 Å². The van der Waals surface area contributed by atoms with Crippen molar-refractivity contribution in [3.05, 3.63) is 35.4 Å². The molecule has 0 spiro atoms. The zero-order valence-corrected chi connectivity index (χ0v) is 9.63. The fraction of sp³-hybridized carbons (Fsp3) is 0.462. The number of hydrogen-bond acceptors (Lipinski definition) is 3. The van der Waals surface area contributed by atoms with Crippen molar-refractivity contribution in [1.82, 2.24) is 0 Å². The van der Waals surface area contributed by atoms with Crippen molar-refractivity contribution in [3.63, 3.8) is 0 Å². The number of hydrogen-bond donors (Lipinski definition) is 2. The van der Waals surface area contributed by atoms with Crippen molar-refractivity contribution in [2.24, 2.45) is 11.7 Å². The molecule has 4 heteroatoms. The van der Waals surface area contributed by atoms with E-state index in [0.717, 1.165) is 18.4 Å². The summed E-state index contributed by atoms with van der Waals surface area (Å²) in [5.74, 6) is -0.604. The van der Waals surface area contributed by atoms with Crippen molar-refractivity contribution in [2.75, 3.05) is 13.2 Å². The van der Waals surface area contributed by atoms with Gasteiger partial charge >= 0.3 is 5.97 Å². The molecule has 0 saturated carbocycles. The first-order valence-corrected chi connectivity index (χ1v) is 5.85. The molecule has 1 aliphatic rings. The summed E-state index contributed by atoms with van der Waals surface area (Å²) in [6.07, 6.45) is 1.80. The minimum Gasteiger partial charge on any atom is -0.478 e. The molecule has 1 fully saturated rings. The van der Waals surface area contributed by atoms with E-state index in [1.165, 1.54) is 0 Å². The van der Waals surface area contributed by atoms with Gasteiger partial charge in [-0.25, -0.2) is 4.79 Å². The highest BCUT2D eigenvalue weighted by Crippen LogP contribution is 2.29. The number of ether oxygens (including phenoxy) is 1. The Kier molecular flexibility index (Phi) is 3.76. The highest BCUT2D eigenvalue weighted by Gasteiger charge is 2.25. The van der Waals surface area contributed by atoms with Gasteiger partial charge in [-0.2, -0.15) is 0 Å². The van der Waals surface area contributed by atoms with E-state index in [4.69, 9.17) is 15.6 Å². The molecular formula is C13H17NO3. The third kappa shape index (κ3) is 2.65. The summed E-state index contributed by atoms with van der Waals surface area (Å²) in [4.78, 5) is 11.1. The van der Waals surface area contributed by atoms with Crippen LogP contribution in [0, 0.1) is 5.92 Å². The topological polar surface area (TPSA) is 72.6 Å². The average molecular weight is 235 g/mol. The second-order valence-electron chi connectivity index (χ2n) is 4.37. The zero-order valence-electron chi connectivity index (χ0n) is 9.63. The van der Waals surface area contributed by atoms with E-state index in [2.05, 4.69) is 0 Å². The fourth-order valence-corrected chi connectivity index (χ4v) is 2.31. The molecule has 0 amide bonds. The third-order valence-electron chi connectivity index (χ3n) is 3.32. The van der Waals surface area contributed by atoms with Gasteiger partial charge in [0.2, 0.25) is 0 Å². The Hall–Kier alpha value is -1.39. The van der Waals surface area contributed by atoms with Crippen LogP contribution >= 0.6 is 0 Å². The Labute approximate surface area is 100 Å². The monoisotopic (exact) mass is 235 g/mol. The molecule has 0 radical (unpaired) electrons. The normalized spacial score (nSPS) is 18.9. The van der Waals surface area contributed by atoms with Crippen LogP contribution in [-0.2, 0) is 4.74 Å². The van der Waals surface area contributed by atoms with Gasteiger partial charge in [-0.1, -0.05) is 18.2 Å². The van der Waals surface area contributed by atoms with Gasteiger partial charge in [-0.05, 0) is 30.4 Å². The van der Waals surface area contributed by atoms with Gasteiger partial charge in [0.25, 0.3) is 0 Å². The third-order valence-corrected chi connectivity index (χ3v) is 3.32. The maximum absolute atomic E-state index is 11.1. The molecule has 1 aliphatic heterocycles. The number of aromatic carboxylic acids is 1. The van der Waals surface area contributed by atoms with E-state index < -0.39 is 5.97 Å². The Morgan fingerprint density at radius 1 is 1.35 bits per heavy atom. The molecule has 4 nitrogen and oxygen atoms in total. The lowest BCUT2D eigenvalue weighted by Crippen LogP contribution is -2.28. The van der Waals surface area contributed by atoms with Crippen LogP contribution in [0.3, 0.4) is 0 Å². The van der Waals surface area contributed by atoms with E-state index in [1.54, 1.807) is 12.1 Å². The largest absolute Gasteiger partial charge is 0.478 e. The average Bonchev–Trinajstić information content (AvgIpc) is 2.39. The van der Waals surface area contributed by atoms with E-state index in [-0.39, 0.29) is 6.04 Å². The molecule has 3 N–H and O–H groups in total. The van der Waals surface area contributed by atoms with Gasteiger partial charge in [0.05, 0.1) is 5.56 Å².